The Balaban J connectivity index is 2.44. The molecule has 0 aliphatic carbocycles. The van der Waals surface area contributed by atoms with Crippen LogP contribution in [0, 0.1) is 34.2 Å². The molecular weight excluding hydrogens is 401 g/mol. The number of hydrogen-bond donors (Lipinski definition) is 2. The molecule has 0 aliphatic heterocycles. The van der Waals surface area contributed by atoms with E-state index in [4.69, 9.17) is 10.8 Å². The minimum Gasteiger partial charge on any atom is -0.292 e. The fourth-order valence-corrected chi connectivity index (χ4v) is 2.47. The van der Waals surface area contributed by atoms with Crippen molar-refractivity contribution in [2.24, 2.45) is 5.92 Å². The predicted molar refractivity (Wildman–Crippen MR) is 88.4 cm³/mol. The van der Waals surface area contributed by atoms with Crippen molar-refractivity contribution in [1.29, 1.82) is 10.8 Å². The molecule has 0 aliphatic rings. The van der Waals surface area contributed by atoms with Crippen molar-refractivity contribution in [3.05, 3.63) is 58.5 Å². The minimum atomic E-state index is -1.39. The summed E-state index contributed by atoms with van der Waals surface area (Å²) in [5.41, 5.74) is -0.577. The van der Waals surface area contributed by atoms with E-state index >= 15 is 0 Å². The molecule has 0 spiro atoms. The molecule has 2 rings (SSSR count). The number of nitrogens with zero attached hydrogens (tertiary/aromatic N) is 2. The van der Waals surface area contributed by atoms with Gasteiger partial charge in [-0.2, -0.15) is 5.10 Å². The number of halogens is 4. The molecule has 1 aromatic carbocycles. The zero-order valence-electron chi connectivity index (χ0n) is 13.3. The van der Waals surface area contributed by atoms with Crippen LogP contribution in [-0.2, 0) is 0 Å². The lowest BCUT2D eigenvalue weighted by atomic mass is 10.1. The molecular formula is C16H14BrF3N4O. The maximum absolute atomic E-state index is 13.8. The lowest BCUT2D eigenvalue weighted by Crippen LogP contribution is -2.33. The first-order valence-corrected chi connectivity index (χ1v) is 8.11. The summed E-state index contributed by atoms with van der Waals surface area (Å²) in [6, 6.07) is 3.49. The van der Waals surface area contributed by atoms with Crippen LogP contribution in [0.1, 0.15) is 34.7 Å². The smallest absolute Gasteiger partial charge is 0.185 e. The largest absolute Gasteiger partial charge is 0.292 e. The van der Waals surface area contributed by atoms with Crippen molar-refractivity contribution < 1.29 is 18.0 Å². The van der Waals surface area contributed by atoms with Crippen LogP contribution < -0.4 is 5.49 Å². The van der Waals surface area contributed by atoms with E-state index in [1.54, 1.807) is 13.8 Å². The number of aromatic nitrogens is 2. The van der Waals surface area contributed by atoms with Crippen molar-refractivity contribution >= 4 is 27.5 Å². The second-order valence-electron chi connectivity index (χ2n) is 5.57. The van der Waals surface area contributed by atoms with Crippen LogP contribution in [-0.4, -0.2) is 21.4 Å². The van der Waals surface area contributed by atoms with Gasteiger partial charge in [0.1, 0.15) is 22.0 Å². The summed E-state index contributed by atoms with van der Waals surface area (Å²) in [5, 5.41) is 19.8. The molecule has 0 amide bonds. The lowest BCUT2D eigenvalue weighted by Gasteiger charge is -2.14. The second kappa shape index (κ2) is 7.30. The third-order valence-electron chi connectivity index (χ3n) is 3.40. The Morgan fingerprint density at radius 1 is 1.16 bits per heavy atom. The molecule has 25 heavy (non-hydrogen) atoms. The number of hydrogen-bond acceptors (Lipinski definition) is 4. The number of carbonyl (C=O) groups is 1. The predicted octanol–water partition coefficient (Wildman–Crippen LogP) is 3.58. The maximum atomic E-state index is 13.8. The molecule has 9 heteroatoms. The summed E-state index contributed by atoms with van der Waals surface area (Å²) < 4.78 is 41.2. The van der Waals surface area contributed by atoms with Gasteiger partial charge in [0.05, 0.1) is 11.3 Å². The van der Waals surface area contributed by atoms with Crippen molar-refractivity contribution in [2.45, 2.75) is 18.7 Å². The fourth-order valence-electron chi connectivity index (χ4n) is 1.98. The Labute approximate surface area is 149 Å². The highest BCUT2D eigenvalue weighted by Crippen LogP contribution is 2.27. The molecule has 1 atom stereocenters. The number of benzene rings is 1. The van der Waals surface area contributed by atoms with Crippen LogP contribution in [0.4, 0.5) is 13.2 Å². The molecule has 5 nitrogen and oxygen atoms in total. The Morgan fingerprint density at radius 3 is 2.36 bits per heavy atom. The van der Waals surface area contributed by atoms with E-state index in [-0.39, 0.29) is 22.9 Å². The molecule has 0 saturated heterocycles. The number of alkyl halides is 1. The van der Waals surface area contributed by atoms with Gasteiger partial charge in [-0.1, -0.05) is 29.8 Å². The third kappa shape index (κ3) is 3.87. The first-order chi connectivity index (χ1) is 11.6. The molecule has 1 heterocycles. The van der Waals surface area contributed by atoms with Crippen LogP contribution in [0.3, 0.4) is 0 Å². The number of nitrogens with one attached hydrogen (secondary N) is 2. The zero-order chi connectivity index (χ0) is 18.9. The average Bonchev–Trinajstić information content (AvgIpc) is 2.56. The van der Waals surface area contributed by atoms with Gasteiger partial charge >= 0.3 is 0 Å². The molecule has 0 radical (unpaired) electrons. The summed E-state index contributed by atoms with van der Waals surface area (Å²) in [7, 11) is 0. The topological polar surface area (TPSA) is 82.6 Å². The highest BCUT2D eigenvalue weighted by atomic mass is 79.9. The Hall–Kier alpha value is -2.29. The van der Waals surface area contributed by atoms with Crippen LogP contribution >= 0.6 is 15.9 Å². The Morgan fingerprint density at radius 2 is 1.76 bits per heavy atom. The van der Waals surface area contributed by atoms with E-state index in [1.165, 1.54) is 12.1 Å². The molecule has 1 unspecified atom stereocenters. The highest BCUT2D eigenvalue weighted by molar-refractivity contribution is 9.09. The first-order valence-electron chi connectivity index (χ1n) is 7.20. The quantitative estimate of drug-likeness (QED) is 0.263. The van der Waals surface area contributed by atoms with Crippen molar-refractivity contribution in [2.75, 3.05) is 0 Å². The van der Waals surface area contributed by atoms with Gasteiger partial charge in [-0.15, -0.1) is 0 Å². The minimum absolute atomic E-state index is 0.0398. The first kappa shape index (κ1) is 19.0. The van der Waals surface area contributed by atoms with Gasteiger partial charge in [-0.05, 0) is 18.2 Å². The van der Waals surface area contributed by atoms with Gasteiger partial charge < -0.3 is 0 Å². The van der Waals surface area contributed by atoms with Crippen LogP contribution in [0.15, 0.2) is 24.3 Å². The van der Waals surface area contributed by atoms with Gasteiger partial charge in [-0.3, -0.25) is 15.6 Å². The number of Topliss-reactive ketones (excluding diaryl/α,β-unsaturated/α-hetero) is 1. The number of rotatable bonds is 4. The van der Waals surface area contributed by atoms with Gasteiger partial charge in [0.25, 0.3) is 0 Å². The molecule has 2 N–H and O–H groups in total. The van der Waals surface area contributed by atoms with E-state index in [2.05, 4.69) is 21.0 Å². The summed E-state index contributed by atoms with van der Waals surface area (Å²) in [5.74, 6) is -4.95. The zero-order valence-corrected chi connectivity index (χ0v) is 14.9. The fraction of sp³-hybridized carbons (Fsp3) is 0.250. The monoisotopic (exact) mass is 414 g/mol. The lowest BCUT2D eigenvalue weighted by molar-refractivity contribution is 0.0985. The molecule has 2 aromatic rings. The van der Waals surface area contributed by atoms with Crippen LogP contribution in [0.2, 0.25) is 0 Å². The summed E-state index contributed by atoms with van der Waals surface area (Å²) in [6.07, 6.45) is 0. The third-order valence-corrected chi connectivity index (χ3v) is 4.28. The van der Waals surface area contributed by atoms with Crippen molar-refractivity contribution in [3.63, 3.8) is 0 Å². The normalized spacial score (nSPS) is 12.3. The van der Waals surface area contributed by atoms with E-state index in [0.29, 0.717) is 12.1 Å². The summed E-state index contributed by atoms with van der Waals surface area (Å²) in [4.78, 5) is 11.2. The molecule has 132 valence electrons. The van der Waals surface area contributed by atoms with Gasteiger partial charge in [-0.25, -0.2) is 17.9 Å². The Kier molecular flexibility index (Phi) is 5.56. The van der Waals surface area contributed by atoms with E-state index < -0.39 is 33.6 Å². The van der Waals surface area contributed by atoms with Crippen molar-refractivity contribution in [3.8, 4) is 0 Å². The highest BCUT2D eigenvalue weighted by Gasteiger charge is 2.25. The maximum Gasteiger partial charge on any atom is 0.185 e. The van der Waals surface area contributed by atoms with Crippen molar-refractivity contribution in [1.82, 2.24) is 9.78 Å². The second-order valence-corrected chi connectivity index (χ2v) is 6.48. The van der Waals surface area contributed by atoms with Gasteiger partial charge in [0.2, 0.25) is 0 Å². The van der Waals surface area contributed by atoms with E-state index in [9.17, 15) is 18.0 Å². The molecule has 1 aromatic heterocycles. The molecule has 0 saturated carbocycles. The standard InChI is InChI=1S/C16H14BrF3N4O/c1-7(2)16(22)24-13(21)4-3-12(23-24)14(17)15(25)8-5-10(19)11(20)6-9(8)18/h3-7,14,21-22H,1-2H3. The van der Waals surface area contributed by atoms with Crippen LogP contribution in [0.25, 0.3) is 0 Å². The Bertz CT molecular complexity index is 911. The SMILES string of the molecule is CC(C)C(=N)n1nc(C(Br)C(=O)c2cc(F)c(F)cc2F)ccc1=N. The van der Waals surface area contributed by atoms with Gasteiger partial charge in [0.15, 0.2) is 17.4 Å². The molecule has 0 bridgehead atoms. The molecule has 0 fully saturated rings. The summed E-state index contributed by atoms with van der Waals surface area (Å²) >= 11 is 3.07. The summed E-state index contributed by atoms with van der Waals surface area (Å²) in [6.45, 7) is 3.49. The van der Waals surface area contributed by atoms with E-state index in [1.807, 2.05) is 0 Å². The number of carbonyl (C=O) groups excluding carboxylic acids is 1. The average molecular weight is 415 g/mol. The van der Waals surface area contributed by atoms with E-state index in [0.717, 1.165) is 4.68 Å². The number of ketones is 1. The van der Waals surface area contributed by atoms with Gasteiger partial charge in [0, 0.05) is 12.0 Å². The van der Waals surface area contributed by atoms with Crippen LogP contribution in [0.5, 0.6) is 0 Å².